The minimum absolute atomic E-state index is 0.630. The van der Waals surface area contributed by atoms with Crippen molar-refractivity contribution in [3.63, 3.8) is 0 Å². The van der Waals surface area contributed by atoms with Gasteiger partial charge in [-0.25, -0.2) is 15.0 Å². The smallest absolute Gasteiger partial charge is 0.166 e. The lowest BCUT2D eigenvalue weighted by atomic mass is 9.93. The third-order valence-electron chi connectivity index (χ3n) is 12.0. The number of aromatic nitrogens is 4. The Bertz CT molecular complexity index is 3700. The lowest BCUT2D eigenvalue weighted by Gasteiger charge is -2.16. The first-order valence-corrected chi connectivity index (χ1v) is 20.4. The zero-order valence-electron chi connectivity index (χ0n) is 31.0. The van der Waals surface area contributed by atoms with Crippen LogP contribution in [0.1, 0.15) is 0 Å². The van der Waals surface area contributed by atoms with E-state index < -0.39 is 0 Å². The summed E-state index contributed by atoms with van der Waals surface area (Å²) < 4.78 is 4.89. The van der Waals surface area contributed by atoms with Gasteiger partial charge >= 0.3 is 0 Å². The summed E-state index contributed by atoms with van der Waals surface area (Å²) in [5.41, 5.74) is 11.2. The van der Waals surface area contributed by atoms with Crippen molar-refractivity contribution >= 4 is 74.9 Å². The van der Waals surface area contributed by atoms with Crippen LogP contribution in [0.25, 0.3) is 126 Å². The first-order valence-electron chi connectivity index (χ1n) is 19.6. The molecule has 0 saturated carbocycles. The third-order valence-corrected chi connectivity index (χ3v) is 13.1. The molecular weight excluding hydrogens is 725 g/mol. The molecule has 5 heteroatoms. The normalized spacial score (nSPS) is 12.1. The highest BCUT2D eigenvalue weighted by atomic mass is 32.1. The molecule has 0 fully saturated rings. The maximum absolute atomic E-state index is 5.42. The summed E-state index contributed by atoms with van der Waals surface area (Å²) in [5.74, 6) is 1.93. The molecule has 9 aromatic carbocycles. The summed E-state index contributed by atoms with van der Waals surface area (Å²) in [4.78, 5) is 16.1. The highest BCUT2D eigenvalue weighted by molar-refractivity contribution is 7.25. The SMILES string of the molecule is c1ccc2c(c1)-c1cccc3ccc4c(c13)c1c-2cccc1n4-c1ccccc1-c1nc(-c2ccc3ccccc3c2)nc(-c2cccc3sc4ccccc4c23)n1. The molecule has 0 spiro atoms. The first-order chi connectivity index (χ1) is 28.8. The number of benzene rings is 9. The number of rotatable bonds is 4. The van der Waals surface area contributed by atoms with Crippen molar-refractivity contribution in [1.29, 1.82) is 0 Å². The molecule has 1 aliphatic rings. The average molecular weight is 755 g/mol. The molecular formula is C53H30N4S. The fourth-order valence-electron chi connectivity index (χ4n) is 9.48. The van der Waals surface area contributed by atoms with Crippen molar-refractivity contribution < 1.29 is 0 Å². The summed E-state index contributed by atoms with van der Waals surface area (Å²) in [6.45, 7) is 0. The lowest BCUT2D eigenvalue weighted by molar-refractivity contribution is 1.07. The van der Waals surface area contributed by atoms with Gasteiger partial charge in [0.25, 0.3) is 0 Å². The van der Waals surface area contributed by atoms with Gasteiger partial charge in [0, 0.05) is 47.6 Å². The quantitative estimate of drug-likeness (QED) is 0.180. The predicted octanol–water partition coefficient (Wildman–Crippen LogP) is 14.3. The Morgan fingerprint density at radius 1 is 0.345 bits per heavy atom. The van der Waals surface area contributed by atoms with E-state index in [-0.39, 0.29) is 0 Å². The average Bonchev–Trinajstić information content (AvgIpc) is 3.81. The highest BCUT2D eigenvalue weighted by Gasteiger charge is 2.26. The first kappa shape index (κ1) is 31.7. The molecule has 0 radical (unpaired) electrons. The van der Waals surface area contributed by atoms with Crippen LogP contribution in [0.15, 0.2) is 182 Å². The van der Waals surface area contributed by atoms with Gasteiger partial charge < -0.3 is 4.57 Å². The maximum Gasteiger partial charge on any atom is 0.166 e. The summed E-state index contributed by atoms with van der Waals surface area (Å²) in [7, 11) is 0. The number of hydrogen-bond donors (Lipinski definition) is 0. The second-order valence-electron chi connectivity index (χ2n) is 15.1. The Hall–Kier alpha value is -7.47. The number of nitrogens with zero attached hydrogens (tertiary/aromatic N) is 4. The topological polar surface area (TPSA) is 43.6 Å². The predicted molar refractivity (Wildman–Crippen MR) is 243 cm³/mol. The van der Waals surface area contributed by atoms with Crippen LogP contribution in [0.4, 0.5) is 0 Å². The second kappa shape index (κ2) is 12.0. The van der Waals surface area contributed by atoms with Crippen molar-refractivity contribution in [2.24, 2.45) is 0 Å². The molecule has 0 atom stereocenters. The van der Waals surface area contributed by atoms with Crippen LogP contribution in [0, 0.1) is 0 Å². The molecule has 0 bridgehead atoms. The van der Waals surface area contributed by atoms with Crippen molar-refractivity contribution in [1.82, 2.24) is 19.5 Å². The Labute approximate surface area is 337 Å². The van der Waals surface area contributed by atoms with Crippen LogP contribution in [-0.4, -0.2) is 19.5 Å². The molecule has 4 nitrogen and oxygen atoms in total. The van der Waals surface area contributed by atoms with Gasteiger partial charge in [-0.05, 0) is 86.3 Å². The molecule has 0 saturated heterocycles. The van der Waals surface area contributed by atoms with Gasteiger partial charge in [-0.3, -0.25) is 0 Å². The number of hydrogen-bond acceptors (Lipinski definition) is 4. The van der Waals surface area contributed by atoms with Gasteiger partial charge in [-0.15, -0.1) is 11.3 Å². The molecule has 0 unspecified atom stereocenters. The molecule has 12 aromatic rings. The largest absolute Gasteiger partial charge is 0.308 e. The van der Waals surface area contributed by atoms with Crippen molar-refractivity contribution in [3.8, 4) is 62.1 Å². The van der Waals surface area contributed by atoms with E-state index in [1.165, 1.54) is 69.4 Å². The number of para-hydroxylation sites is 1. The fraction of sp³-hybridized carbons (Fsp3) is 0. The fourth-order valence-corrected chi connectivity index (χ4v) is 10.6. The van der Waals surface area contributed by atoms with Crippen molar-refractivity contribution in [2.45, 2.75) is 0 Å². The van der Waals surface area contributed by atoms with E-state index in [1.54, 1.807) is 11.3 Å². The van der Waals surface area contributed by atoms with E-state index >= 15 is 0 Å². The van der Waals surface area contributed by atoms with Gasteiger partial charge in [0.15, 0.2) is 17.5 Å². The minimum atomic E-state index is 0.630. The van der Waals surface area contributed by atoms with Gasteiger partial charge in [0.05, 0.1) is 16.7 Å². The van der Waals surface area contributed by atoms with Gasteiger partial charge in [-0.1, -0.05) is 140 Å². The molecule has 58 heavy (non-hydrogen) atoms. The molecule has 13 rings (SSSR count). The monoisotopic (exact) mass is 754 g/mol. The van der Waals surface area contributed by atoms with Crippen LogP contribution in [0.2, 0.25) is 0 Å². The Morgan fingerprint density at radius 3 is 1.81 bits per heavy atom. The minimum Gasteiger partial charge on any atom is -0.308 e. The van der Waals surface area contributed by atoms with Gasteiger partial charge in [0.1, 0.15) is 0 Å². The van der Waals surface area contributed by atoms with Crippen molar-refractivity contribution in [3.05, 3.63) is 182 Å². The van der Waals surface area contributed by atoms with Crippen LogP contribution in [0.3, 0.4) is 0 Å². The Balaban J connectivity index is 1.12. The van der Waals surface area contributed by atoms with E-state index in [9.17, 15) is 0 Å². The van der Waals surface area contributed by atoms with Gasteiger partial charge in [-0.2, -0.15) is 0 Å². The molecule has 0 amide bonds. The Kier molecular flexibility index (Phi) is 6.57. The number of fused-ring (bicyclic) bond motifs is 7. The Morgan fingerprint density at radius 2 is 0.931 bits per heavy atom. The van der Waals surface area contributed by atoms with E-state index in [2.05, 4.69) is 187 Å². The summed E-state index contributed by atoms with van der Waals surface area (Å²) in [6.07, 6.45) is 0. The molecule has 268 valence electrons. The standard InChI is InChI=1S/C53H30N4S/c1-2-13-33-30-34(27-26-31(33)12-1)51-54-52(56-53(55-51)41-21-11-25-46-48(41)40-18-6-8-24-45(40)58-46)39-17-5-7-22-42(39)57-43-23-10-20-38-36-16-4-3-15-35(36)37-19-9-14-32-28-29-44(57)50(47(32)37)49(38)43/h1-30H. The molecule has 0 aliphatic heterocycles. The van der Waals surface area contributed by atoms with Crippen LogP contribution in [-0.2, 0) is 0 Å². The van der Waals surface area contributed by atoms with Crippen LogP contribution >= 0.6 is 11.3 Å². The third kappa shape index (κ3) is 4.47. The molecule has 0 N–H and O–H groups in total. The van der Waals surface area contributed by atoms with Gasteiger partial charge in [0.2, 0.25) is 0 Å². The van der Waals surface area contributed by atoms with Crippen LogP contribution in [0.5, 0.6) is 0 Å². The maximum atomic E-state index is 5.42. The lowest BCUT2D eigenvalue weighted by Crippen LogP contribution is -2.04. The molecule has 1 aliphatic carbocycles. The summed E-state index contributed by atoms with van der Waals surface area (Å²) in [5, 5.41) is 9.77. The van der Waals surface area contributed by atoms with Crippen molar-refractivity contribution in [2.75, 3.05) is 0 Å². The number of thiophene rings is 1. The highest BCUT2D eigenvalue weighted by Crippen LogP contribution is 2.50. The second-order valence-corrected chi connectivity index (χ2v) is 16.2. The molecule has 3 heterocycles. The molecule has 3 aromatic heterocycles. The van der Waals surface area contributed by atoms with E-state index in [4.69, 9.17) is 15.0 Å². The van der Waals surface area contributed by atoms with Crippen LogP contribution < -0.4 is 0 Å². The van der Waals surface area contributed by atoms with E-state index in [1.807, 2.05) is 0 Å². The van der Waals surface area contributed by atoms with E-state index in [0.29, 0.717) is 17.5 Å². The van der Waals surface area contributed by atoms with E-state index in [0.717, 1.165) is 38.8 Å². The summed E-state index contributed by atoms with van der Waals surface area (Å²) >= 11 is 1.80. The summed E-state index contributed by atoms with van der Waals surface area (Å²) in [6, 6.07) is 65.5. The zero-order valence-corrected chi connectivity index (χ0v) is 31.8. The zero-order chi connectivity index (χ0) is 37.9.